The summed E-state index contributed by atoms with van der Waals surface area (Å²) in [6, 6.07) is 19.9. The number of carboxylic acid groups (broad SMARTS) is 1. The van der Waals surface area contributed by atoms with Gasteiger partial charge in [0, 0.05) is 50.4 Å². The minimum absolute atomic E-state index is 0.00472. The Morgan fingerprint density at radius 1 is 0.977 bits per heavy atom. The molecule has 1 aliphatic heterocycles. The van der Waals surface area contributed by atoms with Gasteiger partial charge in [-0.25, -0.2) is 18.0 Å². The molecule has 43 heavy (non-hydrogen) atoms. The Hall–Kier alpha value is -4.18. The molecule has 1 saturated heterocycles. The van der Waals surface area contributed by atoms with Crippen molar-refractivity contribution in [1.82, 2.24) is 10.2 Å². The highest BCUT2D eigenvalue weighted by Gasteiger charge is 2.42. The van der Waals surface area contributed by atoms with Gasteiger partial charge in [-0.1, -0.05) is 60.7 Å². The lowest BCUT2D eigenvalue weighted by Gasteiger charge is -2.34. The number of halogens is 4. The monoisotopic (exact) mass is 595 g/mol. The molecule has 0 amide bonds. The largest absolute Gasteiger partial charge is 0.477 e. The van der Waals surface area contributed by atoms with Crippen molar-refractivity contribution in [3.63, 3.8) is 0 Å². The summed E-state index contributed by atoms with van der Waals surface area (Å²) in [6.07, 6.45) is 2.79. The normalized spacial score (nSPS) is 18.7. The van der Waals surface area contributed by atoms with E-state index in [-0.39, 0.29) is 32.1 Å². The lowest BCUT2D eigenvalue weighted by Crippen LogP contribution is -2.41. The van der Waals surface area contributed by atoms with Gasteiger partial charge in [-0.15, -0.1) is 0 Å². The van der Waals surface area contributed by atoms with Gasteiger partial charge in [-0.05, 0) is 36.5 Å². The van der Waals surface area contributed by atoms with Crippen LogP contribution in [0.3, 0.4) is 0 Å². The summed E-state index contributed by atoms with van der Waals surface area (Å²) in [5.41, 5.74) is -1.46. The highest BCUT2D eigenvalue weighted by molar-refractivity contribution is 6.23. The van der Waals surface area contributed by atoms with Crippen LogP contribution in [0.5, 0.6) is 0 Å². The number of hydrogen-bond donors (Lipinski definition) is 2. The van der Waals surface area contributed by atoms with E-state index in [1.165, 1.54) is 4.90 Å². The summed E-state index contributed by atoms with van der Waals surface area (Å²) in [7, 11) is 0. The van der Waals surface area contributed by atoms with Gasteiger partial charge in [0.1, 0.15) is 17.1 Å². The molecule has 0 radical (unpaired) electrons. The third-order valence-corrected chi connectivity index (χ3v) is 7.99. The molecule has 2 N–H and O–H groups in total. The van der Waals surface area contributed by atoms with Gasteiger partial charge in [-0.3, -0.25) is 14.1 Å². The third-order valence-electron chi connectivity index (χ3n) is 7.99. The van der Waals surface area contributed by atoms with E-state index in [0.717, 1.165) is 30.2 Å². The molecule has 1 saturated carbocycles. The molecule has 3 aromatic carbocycles. The molecule has 0 spiro atoms. The predicted molar refractivity (Wildman–Crippen MR) is 155 cm³/mol. The van der Waals surface area contributed by atoms with Gasteiger partial charge in [0.2, 0.25) is 5.78 Å². The molecule has 3 aromatic rings. The molecule has 1 atom stereocenters. The van der Waals surface area contributed by atoms with Crippen LogP contribution in [0.25, 0.3) is 0 Å². The Kier molecular flexibility index (Phi) is 9.15. The number of nitrogens with zero attached hydrogens (tertiary/aromatic N) is 2. The van der Waals surface area contributed by atoms with E-state index in [2.05, 4.69) is 10.2 Å². The van der Waals surface area contributed by atoms with Gasteiger partial charge in [0.05, 0.1) is 12.2 Å². The fourth-order valence-corrected chi connectivity index (χ4v) is 5.59. The molecular weight excluding hydrogens is 562 g/mol. The lowest BCUT2D eigenvalue weighted by atomic mass is 9.87. The minimum Gasteiger partial charge on any atom is -0.477 e. The number of alkyl halides is 1. The zero-order valence-corrected chi connectivity index (χ0v) is 23.5. The zero-order chi connectivity index (χ0) is 30.6. The third kappa shape index (κ3) is 7.07. The summed E-state index contributed by atoms with van der Waals surface area (Å²) in [6.45, 7) is 0.581. The van der Waals surface area contributed by atoms with E-state index >= 15 is 13.2 Å². The summed E-state index contributed by atoms with van der Waals surface area (Å²) in [5.74, 6) is -7.47. The Balaban J connectivity index is 1.38. The number of Topliss-reactive ketones (excluding diaryl/α,β-unsaturated/α-hetero) is 1. The maximum absolute atomic E-state index is 15.4. The van der Waals surface area contributed by atoms with E-state index in [9.17, 15) is 19.1 Å². The number of benzene rings is 3. The van der Waals surface area contributed by atoms with Gasteiger partial charge in [-0.2, -0.15) is 0 Å². The molecule has 1 aliphatic carbocycles. The maximum atomic E-state index is 15.4. The summed E-state index contributed by atoms with van der Waals surface area (Å²) in [5, 5.41) is 12.2. The van der Waals surface area contributed by atoms with Crippen molar-refractivity contribution in [3.05, 3.63) is 113 Å². The SMILES string of the molecule is O=C(O)/C(=C\NC1CC1)C(=O)c1cc(F)c(N2CC[C@](CF)(CN(Cc3ccccc3)Cc3ccccc3)C2)c(F)c1F. The second-order valence-electron chi connectivity index (χ2n) is 11.4. The van der Waals surface area contributed by atoms with E-state index in [1.807, 2.05) is 60.7 Å². The number of aliphatic carboxylic acids is 1. The standard InChI is InChI=1S/C33H33F4N3O3/c34-19-33(20-39(17-22-7-3-1-4-8-22)18-23-9-5-2-6-10-23)13-14-40(21-33)30-27(35)15-25(28(36)29(30)37)31(41)26(32(42)43)16-38-24-11-12-24/h1-10,15-16,24,38H,11-14,17-21H2,(H,42,43)/b26-16-/t33-/m0/s1. The van der Waals surface area contributed by atoms with Crippen LogP contribution in [0.15, 0.2) is 78.5 Å². The lowest BCUT2D eigenvalue weighted by molar-refractivity contribution is -0.132. The molecular formula is C33H33F4N3O3. The van der Waals surface area contributed by atoms with Gasteiger partial charge >= 0.3 is 5.97 Å². The minimum atomic E-state index is -1.65. The Bertz CT molecular complexity index is 1460. The van der Waals surface area contributed by atoms with Gasteiger partial charge < -0.3 is 15.3 Å². The first kappa shape index (κ1) is 30.3. The highest BCUT2D eigenvalue weighted by Crippen LogP contribution is 2.39. The van der Waals surface area contributed by atoms with Crippen LogP contribution in [0.4, 0.5) is 23.2 Å². The molecule has 6 nitrogen and oxygen atoms in total. The maximum Gasteiger partial charge on any atom is 0.341 e. The van der Waals surface area contributed by atoms with Crippen molar-refractivity contribution in [2.24, 2.45) is 5.41 Å². The number of carbonyl (C=O) groups excluding carboxylic acids is 1. The Morgan fingerprint density at radius 3 is 2.12 bits per heavy atom. The number of hydrogen-bond acceptors (Lipinski definition) is 5. The van der Waals surface area contributed by atoms with Crippen LogP contribution in [-0.2, 0) is 17.9 Å². The average Bonchev–Trinajstić information content (AvgIpc) is 3.74. The molecule has 226 valence electrons. The van der Waals surface area contributed by atoms with Crippen molar-refractivity contribution in [2.45, 2.75) is 38.4 Å². The van der Waals surface area contributed by atoms with E-state index in [4.69, 9.17) is 0 Å². The molecule has 2 aliphatic rings. The smallest absolute Gasteiger partial charge is 0.341 e. The molecule has 0 bridgehead atoms. The second-order valence-corrected chi connectivity index (χ2v) is 11.4. The van der Waals surface area contributed by atoms with E-state index < -0.39 is 58.1 Å². The fourth-order valence-electron chi connectivity index (χ4n) is 5.59. The van der Waals surface area contributed by atoms with Crippen molar-refractivity contribution in [1.29, 1.82) is 0 Å². The van der Waals surface area contributed by atoms with Crippen LogP contribution >= 0.6 is 0 Å². The van der Waals surface area contributed by atoms with Crippen LogP contribution in [0.2, 0.25) is 0 Å². The van der Waals surface area contributed by atoms with Crippen LogP contribution in [-0.4, -0.2) is 54.1 Å². The number of carboxylic acids is 1. The first-order valence-corrected chi connectivity index (χ1v) is 14.2. The van der Waals surface area contributed by atoms with E-state index in [0.29, 0.717) is 19.2 Å². The zero-order valence-electron chi connectivity index (χ0n) is 23.5. The second kappa shape index (κ2) is 13.0. The number of ketones is 1. The first-order chi connectivity index (χ1) is 20.7. The Morgan fingerprint density at radius 2 is 1.58 bits per heavy atom. The fraction of sp³-hybridized carbons (Fsp3) is 0.333. The number of nitrogens with one attached hydrogen (secondary N) is 1. The number of rotatable bonds is 13. The van der Waals surface area contributed by atoms with Crippen molar-refractivity contribution in [3.8, 4) is 0 Å². The molecule has 2 fully saturated rings. The predicted octanol–water partition coefficient (Wildman–Crippen LogP) is 5.88. The Labute approximate surface area is 247 Å². The summed E-state index contributed by atoms with van der Waals surface area (Å²) < 4.78 is 60.9. The van der Waals surface area contributed by atoms with Crippen molar-refractivity contribution in [2.75, 3.05) is 31.2 Å². The first-order valence-electron chi connectivity index (χ1n) is 14.2. The van der Waals surface area contributed by atoms with E-state index in [1.54, 1.807) is 0 Å². The van der Waals surface area contributed by atoms with Crippen LogP contribution < -0.4 is 10.2 Å². The molecule has 0 aromatic heterocycles. The molecule has 1 heterocycles. The van der Waals surface area contributed by atoms with Crippen molar-refractivity contribution < 1.29 is 32.3 Å². The summed E-state index contributed by atoms with van der Waals surface area (Å²) in [4.78, 5) is 27.8. The van der Waals surface area contributed by atoms with Gasteiger partial charge in [0.15, 0.2) is 11.6 Å². The molecule has 10 heteroatoms. The highest BCUT2D eigenvalue weighted by atomic mass is 19.2. The van der Waals surface area contributed by atoms with Crippen LogP contribution in [0, 0.1) is 22.9 Å². The topological polar surface area (TPSA) is 72.9 Å². The average molecular weight is 596 g/mol. The molecule has 0 unspecified atom stereocenters. The van der Waals surface area contributed by atoms with Crippen molar-refractivity contribution >= 4 is 17.4 Å². The van der Waals surface area contributed by atoms with Gasteiger partial charge in [0.25, 0.3) is 0 Å². The quantitative estimate of drug-likeness (QED) is 0.0643. The summed E-state index contributed by atoms with van der Waals surface area (Å²) >= 11 is 0. The number of anilines is 1. The number of carbonyl (C=O) groups is 2. The van der Waals surface area contributed by atoms with Crippen LogP contribution in [0.1, 0.15) is 40.7 Å². The molecule has 5 rings (SSSR count).